The van der Waals surface area contributed by atoms with Crippen molar-refractivity contribution in [1.29, 1.82) is 0 Å². The number of fused-ring (bicyclic) bond motifs is 1. The van der Waals surface area contributed by atoms with E-state index in [2.05, 4.69) is 5.43 Å². The lowest BCUT2D eigenvalue weighted by molar-refractivity contribution is -0.149. The van der Waals surface area contributed by atoms with E-state index in [-0.39, 0.29) is 18.2 Å². The molecule has 84 valence electrons. The van der Waals surface area contributed by atoms with Crippen molar-refractivity contribution in [3.05, 3.63) is 35.9 Å². The van der Waals surface area contributed by atoms with Gasteiger partial charge >= 0.3 is 5.97 Å². The molecule has 0 spiro atoms. The fourth-order valence-corrected chi connectivity index (χ4v) is 1.74. The third-order valence-corrected chi connectivity index (χ3v) is 2.68. The average molecular weight is 220 g/mol. The third-order valence-electron chi connectivity index (χ3n) is 2.68. The van der Waals surface area contributed by atoms with Crippen LogP contribution in [0, 0.1) is 0 Å². The van der Waals surface area contributed by atoms with E-state index in [0.717, 1.165) is 5.56 Å². The number of carbonyl (C=O) groups is 1. The highest BCUT2D eigenvalue weighted by Gasteiger charge is 2.49. The minimum atomic E-state index is -0.262. The number of rotatable bonds is 3. The molecule has 3 rings (SSSR count). The van der Waals surface area contributed by atoms with Crippen LogP contribution in [0.4, 0.5) is 0 Å². The fourth-order valence-electron chi connectivity index (χ4n) is 1.74. The van der Waals surface area contributed by atoms with Crippen molar-refractivity contribution in [1.82, 2.24) is 10.6 Å². The summed E-state index contributed by atoms with van der Waals surface area (Å²) in [5.41, 5.74) is 3.90. The molecule has 3 atom stereocenters. The minimum Gasteiger partial charge on any atom is -0.460 e. The number of nitrogens with one attached hydrogen (secondary N) is 1. The van der Waals surface area contributed by atoms with E-state index in [1.54, 1.807) is 5.17 Å². The monoisotopic (exact) mass is 220 g/mol. The number of esters is 1. The van der Waals surface area contributed by atoms with Gasteiger partial charge in [-0.1, -0.05) is 35.5 Å². The van der Waals surface area contributed by atoms with Crippen molar-refractivity contribution >= 4 is 5.97 Å². The molecular formula is C11H12N2O3. The zero-order valence-corrected chi connectivity index (χ0v) is 8.63. The largest absolute Gasteiger partial charge is 0.460 e. The van der Waals surface area contributed by atoms with E-state index in [1.807, 2.05) is 30.3 Å². The molecule has 5 heteroatoms. The zero-order valence-electron chi connectivity index (χ0n) is 8.63. The number of hydroxylamine groups is 1. The van der Waals surface area contributed by atoms with E-state index in [9.17, 15) is 4.79 Å². The Balaban J connectivity index is 1.50. The van der Waals surface area contributed by atoms with Crippen molar-refractivity contribution in [2.24, 2.45) is 0 Å². The second-order valence-electron chi connectivity index (χ2n) is 3.90. The molecule has 2 heterocycles. The Labute approximate surface area is 92.9 Å². The summed E-state index contributed by atoms with van der Waals surface area (Å²) < 4.78 is 5.20. The number of benzene rings is 1. The molecule has 2 aliphatic rings. The molecule has 3 unspecified atom stereocenters. The summed E-state index contributed by atoms with van der Waals surface area (Å²) in [5, 5.41) is 1.58. The lowest BCUT2D eigenvalue weighted by Gasteiger charge is -2.11. The van der Waals surface area contributed by atoms with E-state index >= 15 is 0 Å². The van der Waals surface area contributed by atoms with Gasteiger partial charge in [-0.2, -0.15) is 0 Å². The Kier molecular flexibility index (Phi) is 2.36. The predicted molar refractivity (Wildman–Crippen MR) is 54.5 cm³/mol. The summed E-state index contributed by atoms with van der Waals surface area (Å²) in [7, 11) is 0. The number of hydrogen-bond acceptors (Lipinski definition) is 5. The lowest BCUT2D eigenvalue weighted by Crippen LogP contribution is -2.36. The summed E-state index contributed by atoms with van der Waals surface area (Å²) in [5.74, 6) is -0.223. The smallest absolute Gasteiger partial charge is 0.325 e. The van der Waals surface area contributed by atoms with Gasteiger partial charge in [0, 0.05) is 6.42 Å². The quantitative estimate of drug-likeness (QED) is 0.596. The molecule has 2 aliphatic heterocycles. The Morgan fingerprint density at radius 2 is 2.31 bits per heavy atom. The summed E-state index contributed by atoms with van der Waals surface area (Å²) in [4.78, 5) is 16.6. The highest BCUT2D eigenvalue weighted by Crippen LogP contribution is 2.29. The first-order valence-corrected chi connectivity index (χ1v) is 5.26. The third kappa shape index (κ3) is 1.92. The molecule has 1 aromatic rings. The summed E-state index contributed by atoms with van der Waals surface area (Å²) >= 11 is 0. The van der Waals surface area contributed by atoms with Gasteiger partial charge in [-0.15, -0.1) is 0 Å². The maximum absolute atomic E-state index is 11.6. The van der Waals surface area contributed by atoms with Crippen molar-refractivity contribution in [3.63, 3.8) is 0 Å². The molecule has 1 N–H and O–H groups in total. The lowest BCUT2D eigenvalue weighted by atomic mass is 10.2. The molecule has 0 aliphatic carbocycles. The van der Waals surface area contributed by atoms with Gasteiger partial charge in [-0.05, 0) is 5.56 Å². The van der Waals surface area contributed by atoms with Crippen molar-refractivity contribution < 1.29 is 14.4 Å². The Bertz CT molecular complexity index is 385. The Morgan fingerprint density at radius 1 is 1.50 bits per heavy atom. The SMILES string of the molecule is O=C(OCc1ccccc1)C1CC2ON2N1. The van der Waals surface area contributed by atoms with E-state index in [0.29, 0.717) is 13.0 Å². The predicted octanol–water partition coefficient (Wildman–Crippen LogP) is 0.580. The van der Waals surface area contributed by atoms with Crippen LogP contribution in [-0.4, -0.2) is 23.4 Å². The van der Waals surface area contributed by atoms with Crippen molar-refractivity contribution in [3.8, 4) is 0 Å². The van der Waals surface area contributed by atoms with E-state index in [1.165, 1.54) is 0 Å². The maximum Gasteiger partial charge on any atom is 0.325 e. The molecule has 0 saturated carbocycles. The van der Waals surface area contributed by atoms with Crippen molar-refractivity contribution in [2.45, 2.75) is 25.3 Å². The van der Waals surface area contributed by atoms with Gasteiger partial charge < -0.3 is 4.74 Å². The van der Waals surface area contributed by atoms with Gasteiger partial charge in [0.2, 0.25) is 0 Å². The van der Waals surface area contributed by atoms with Gasteiger partial charge in [0.1, 0.15) is 12.6 Å². The van der Waals surface area contributed by atoms with Crippen LogP contribution in [0.3, 0.4) is 0 Å². The van der Waals surface area contributed by atoms with Crippen LogP contribution in [0.25, 0.3) is 0 Å². The first-order valence-electron chi connectivity index (χ1n) is 5.26. The van der Waals surface area contributed by atoms with Crippen LogP contribution in [0.5, 0.6) is 0 Å². The highest BCUT2D eigenvalue weighted by molar-refractivity contribution is 5.76. The minimum absolute atomic E-state index is 0.0641. The highest BCUT2D eigenvalue weighted by atomic mass is 16.9. The maximum atomic E-state index is 11.6. The van der Waals surface area contributed by atoms with Crippen LogP contribution >= 0.6 is 0 Å². The second kappa shape index (κ2) is 3.86. The topological polar surface area (TPSA) is 53.9 Å². The molecular weight excluding hydrogens is 208 g/mol. The fraction of sp³-hybridized carbons (Fsp3) is 0.364. The van der Waals surface area contributed by atoms with Crippen molar-refractivity contribution in [2.75, 3.05) is 0 Å². The van der Waals surface area contributed by atoms with Crippen LogP contribution in [-0.2, 0) is 21.0 Å². The molecule has 0 radical (unpaired) electrons. The summed E-state index contributed by atoms with van der Waals surface area (Å²) in [6.07, 6.45) is 0.724. The van der Waals surface area contributed by atoms with Gasteiger partial charge in [-0.3, -0.25) is 9.63 Å². The normalized spacial score (nSPS) is 30.9. The summed E-state index contributed by atoms with van der Waals surface area (Å²) in [6, 6.07) is 9.38. The molecule has 0 amide bonds. The number of nitrogens with zero attached hydrogens (tertiary/aromatic N) is 1. The Morgan fingerprint density at radius 3 is 3.00 bits per heavy atom. The van der Waals surface area contributed by atoms with Crippen LogP contribution in [0.1, 0.15) is 12.0 Å². The number of carbonyl (C=O) groups excluding carboxylic acids is 1. The van der Waals surface area contributed by atoms with Crippen LogP contribution < -0.4 is 5.43 Å². The molecule has 16 heavy (non-hydrogen) atoms. The molecule has 1 aromatic carbocycles. The second-order valence-corrected chi connectivity index (χ2v) is 3.90. The van der Waals surface area contributed by atoms with Crippen LogP contribution in [0.15, 0.2) is 30.3 Å². The number of ether oxygens (including phenoxy) is 1. The first-order chi connectivity index (χ1) is 7.83. The zero-order chi connectivity index (χ0) is 11.0. The molecule has 0 aromatic heterocycles. The van der Waals surface area contributed by atoms with Gasteiger partial charge in [0.25, 0.3) is 0 Å². The Hall–Kier alpha value is -1.43. The van der Waals surface area contributed by atoms with E-state index in [4.69, 9.17) is 9.57 Å². The first kappa shape index (κ1) is 9.77. The van der Waals surface area contributed by atoms with Crippen LogP contribution in [0.2, 0.25) is 0 Å². The average Bonchev–Trinajstić information content (AvgIpc) is 2.94. The standard InChI is InChI=1S/C11H12N2O3/c14-11(9-6-10-13(12-9)16-10)15-7-8-4-2-1-3-5-8/h1-5,9-10,12H,6-7H2. The number of hydrogen-bond donors (Lipinski definition) is 1. The number of hydrazine groups is 1. The molecule has 5 nitrogen and oxygen atoms in total. The molecule has 2 fully saturated rings. The summed E-state index contributed by atoms with van der Waals surface area (Å²) in [6.45, 7) is 0.323. The molecule has 2 saturated heterocycles. The van der Waals surface area contributed by atoms with Gasteiger partial charge in [0.05, 0.1) is 0 Å². The molecule has 0 bridgehead atoms. The van der Waals surface area contributed by atoms with Gasteiger partial charge in [0.15, 0.2) is 6.23 Å². The van der Waals surface area contributed by atoms with E-state index < -0.39 is 0 Å². The van der Waals surface area contributed by atoms with Gasteiger partial charge in [-0.25, -0.2) is 5.43 Å².